The van der Waals surface area contributed by atoms with Gasteiger partial charge in [-0.3, -0.25) is 14.9 Å². The van der Waals surface area contributed by atoms with Gasteiger partial charge >= 0.3 is 6.03 Å². The number of rotatable bonds is 8. The molecule has 0 saturated carbocycles. The lowest BCUT2D eigenvalue weighted by Gasteiger charge is -2.26. The highest BCUT2D eigenvalue weighted by molar-refractivity contribution is 6.39. The number of hydrogen-bond acceptors (Lipinski definition) is 5. The molecule has 0 radical (unpaired) electrons. The van der Waals surface area contributed by atoms with Gasteiger partial charge in [-0.1, -0.05) is 59.6 Å². The van der Waals surface area contributed by atoms with Crippen molar-refractivity contribution in [3.8, 4) is 11.5 Å². The normalized spacial score (nSPS) is 14.3. The van der Waals surface area contributed by atoms with Crippen molar-refractivity contribution in [1.82, 2.24) is 5.32 Å². The molecule has 1 aliphatic rings. The first kappa shape index (κ1) is 27.9. The van der Waals surface area contributed by atoms with Gasteiger partial charge in [-0.15, -0.1) is 0 Å². The highest BCUT2D eigenvalue weighted by Crippen LogP contribution is 2.27. The van der Waals surface area contributed by atoms with Crippen molar-refractivity contribution in [2.24, 2.45) is 0 Å². The van der Waals surface area contributed by atoms with E-state index in [1.54, 1.807) is 72.8 Å². The van der Waals surface area contributed by atoms with Crippen LogP contribution in [0, 0.1) is 5.82 Å². The van der Waals surface area contributed by atoms with Gasteiger partial charge in [-0.25, -0.2) is 14.1 Å². The van der Waals surface area contributed by atoms with Gasteiger partial charge in [0.1, 0.15) is 36.1 Å². The van der Waals surface area contributed by atoms with Gasteiger partial charge in [0.15, 0.2) is 0 Å². The molecule has 206 valence electrons. The van der Waals surface area contributed by atoms with Crippen molar-refractivity contribution in [1.29, 1.82) is 0 Å². The standard InChI is InChI=1S/C31H21Cl2FN2O5/c32-22-8-7-20(27(33)16-22)17-40-25-13-9-23(10-14-25)36-30(38)26(29(37)35-31(36)39)15-19-5-11-24(12-6-19)41-18-21-3-1-2-4-28(21)34/h1-16H,17-18H2,(H,35,37,39)/b26-15+. The first-order valence-electron chi connectivity index (χ1n) is 12.3. The van der Waals surface area contributed by atoms with E-state index >= 15 is 0 Å². The Morgan fingerprint density at radius 2 is 1.41 bits per heavy atom. The van der Waals surface area contributed by atoms with Gasteiger partial charge < -0.3 is 9.47 Å². The summed E-state index contributed by atoms with van der Waals surface area (Å²) in [7, 11) is 0. The van der Waals surface area contributed by atoms with Crippen molar-refractivity contribution in [3.63, 3.8) is 0 Å². The van der Waals surface area contributed by atoms with E-state index in [1.165, 1.54) is 24.3 Å². The van der Waals surface area contributed by atoms with Gasteiger partial charge in [0.05, 0.1) is 5.69 Å². The predicted molar refractivity (Wildman–Crippen MR) is 153 cm³/mol. The largest absolute Gasteiger partial charge is 0.489 e. The molecular formula is C31H21Cl2FN2O5. The molecule has 4 aromatic carbocycles. The Balaban J connectivity index is 1.27. The first-order chi connectivity index (χ1) is 19.8. The average Bonchev–Trinajstić information content (AvgIpc) is 2.96. The lowest BCUT2D eigenvalue weighted by molar-refractivity contribution is -0.122. The van der Waals surface area contributed by atoms with Gasteiger partial charge in [0.25, 0.3) is 11.8 Å². The number of imide groups is 2. The number of amides is 4. The fourth-order valence-corrected chi connectivity index (χ4v) is 4.45. The van der Waals surface area contributed by atoms with Crippen LogP contribution in [0.1, 0.15) is 16.7 Å². The van der Waals surface area contributed by atoms with Crippen molar-refractivity contribution in [3.05, 3.63) is 129 Å². The van der Waals surface area contributed by atoms with Crippen LogP contribution in [0.2, 0.25) is 10.0 Å². The molecule has 41 heavy (non-hydrogen) atoms. The van der Waals surface area contributed by atoms with Gasteiger partial charge in [-0.2, -0.15) is 0 Å². The zero-order valence-corrected chi connectivity index (χ0v) is 22.8. The lowest BCUT2D eigenvalue weighted by atomic mass is 10.1. The fraction of sp³-hybridized carbons (Fsp3) is 0.0645. The number of hydrogen-bond donors (Lipinski definition) is 1. The van der Waals surface area contributed by atoms with Crippen LogP contribution < -0.4 is 19.7 Å². The second kappa shape index (κ2) is 12.2. The number of barbiturate groups is 1. The quantitative estimate of drug-likeness (QED) is 0.177. The Kier molecular flexibility index (Phi) is 8.33. The molecule has 4 amide bonds. The summed E-state index contributed by atoms with van der Waals surface area (Å²) in [6.07, 6.45) is 1.38. The van der Waals surface area contributed by atoms with Crippen LogP contribution in [-0.4, -0.2) is 17.8 Å². The SMILES string of the molecule is O=C1NC(=O)N(c2ccc(OCc3ccc(Cl)cc3Cl)cc2)C(=O)/C1=C/c1ccc(OCc2ccccc2F)cc1. The summed E-state index contributed by atoms with van der Waals surface area (Å²) in [6, 6.07) is 23.3. The molecule has 0 aromatic heterocycles. The molecule has 1 aliphatic heterocycles. The Labute approximate surface area is 244 Å². The molecule has 1 N–H and O–H groups in total. The van der Waals surface area contributed by atoms with Crippen LogP contribution in [-0.2, 0) is 22.8 Å². The van der Waals surface area contributed by atoms with E-state index in [4.69, 9.17) is 32.7 Å². The minimum absolute atomic E-state index is 0.0454. The number of halogens is 3. The van der Waals surface area contributed by atoms with Crippen LogP contribution in [0.5, 0.6) is 11.5 Å². The fourth-order valence-electron chi connectivity index (χ4n) is 3.99. The summed E-state index contributed by atoms with van der Waals surface area (Å²) in [6.45, 7) is 0.233. The zero-order valence-electron chi connectivity index (χ0n) is 21.3. The van der Waals surface area contributed by atoms with E-state index in [1.807, 2.05) is 0 Å². The average molecular weight is 591 g/mol. The van der Waals surface area contributed by atoms with Crippen molar-refractivity contribution < 1.29 is 28.2 Å². The number of benzene rings is 4. The third-order valence-electron chi connectivity index (χ3n) is 6.15. The maximum absolute atomic E-state index is 13.8. The van der Waals surface area contributed by atoms with E-state index in [9.17, 15) is 18.8 Å². The van der Waals surface area contributed by atoms with Crippen LogP contribution in [0.25, 0.3) is 6.08 Å². The first-order valence-corrected chi connectivity index (χ1v) is 13.1. The maximum atomic E-state index is 13.8. The molecular weight excluding hydrogens is 570 g/mol. The highest BCUT2D eigenvalue weighted by atomic mass is 35.5. The molecule has 10 heteroatoms. The van der Waals surface area contributed by atoms with Gasteiger partial charge in [0.2, 0.25) is 0 Å². The topological polar surface area (TPSA) is 84.9 Å². The number of carbonyl (C=O) groups is 3. The summed E-state index contributed by atoms with van der Waals surface area (Å²) < 4.78 is 25.2. The van der Waals surface area contributed by atoms with Crippen LogP contribution >= 0.6 is 23.2 Å². The summed E-state index contributed by atoms with van der Waals surface area (Å²) in [5, 5.41) is 3.18. The monoisotopic (exact) mass is 590 g/mol. The molecule has 0 bridgehead atoms. The molecule has 0 atom stereocenters. The molecule has 0 unspecified atom stereocenters. The number of ether oxygens (including phenoxy) is 2. The Morgan fingerprint density at radius 1 is 0.780 bits per heavy atom. The van der Waals surface area contributed by atoms with Crippen molar-refractivity contribution >= 4 is 52.8 Å². The molecule has 0 spiro atoms. The van der Waals surface area contributed by atoms with E-state index in [2.05, 4.69) is 5.32 Å². The number of urea groups is 1. The third-order valence-corrected chi connectivity index (χ3v) is 6.74. The second-order valence-corrected chi connectivity index (χ2v) is 9.77. The molecule has 7 nitrogen and oxygen atoms in total. The van der Waals surface area contributed by atoms with Crippen LogP contribution in [0.4, 0.5) is 14.9 Å². The summed E-state index contributed by atoms with van der Waals surface area (Å²) in [5.74, 6) is -0.989. The van der Waals surface area contributed by atoms with E-state index in [0.717, 1.165) is 10.5 Å². The molecule has 5 rings (SSSR count). The molecule has 1 saturated heterocycles. The maximum Gasteiger partial charge on any atom is 0.335 e. The smallest absolute Gasteiger partial charge is 0.335 e. The van der Waals surface area contributed by atoms with Crippen molar-refractivity contribution in [2.75, 3.05) is 4.90 Å². The van der Waals surface area contributed by atoms with Gasteiger partial charge in [-0.05, 0) is 66.2 Å². The van der Waals surface area contributed by atoms with E-state index in [-0.39, 0.29) is 30.3 Å². The third kappa shape index (κ3) is 6.57. The van der Waals surface area contributed by atoms with Crippen LogP contribution in [0.3, 0.4) is 0 Å². The number of nitrogens with zero attached hydrogens (tertiary/aromatic N) is 1. The lowest BCUT2D eigenvalue weighted by Crippen LogP contribution is -2.54. The minimum atomic E-state index is -0.865. The summed E-state index contributed by atoms with van der Waals surface area (Å²) in [5.41, 5.74) is 1.71. The van der Waals surface area contributed by atoms with Crippen molar-refractivity contribution in [2.45, 2.75) is 13.2 Å². The van der Waals surface area contributed by atoms with E-state index in [0.29, 0.717) is 32.7 Å². The molecule has 1 fully saturated rings. The molecule has 0 aliphatic carbocycles. The number of nitrogens with one attached hydrogen (secondary N) is 1. The molecule has 4 aromatic rings. The minimum Gasteiger partial charge on any atom is -0.489 e. The molecule has 1 heterocycles. The summed E-state index contributed by atoms with van der Waals surface area (Å²) >= 11 is 12.1. The van der Waals surface area contributed by atoms with Crippen LogP contribution in [0.15, 0.2) is 96.6 Å². The Hall–Kier alpha value is -4.66. The van der Waals surface area contributed by atoms with Gasteiger partial charge in [0, 0.05) is 21.2 Å². The number of carbonyl (C=O) groups excluding carboxylic acids is 3. The van der Waals surface area contributed by atoms with E-state index < -0.39 is 17.8 Å². The highest BCUT2D eigenvalue weighted by Gasteiger charge is 2.36. The predicted octanol–water partition coefficient (Wildman–Crippen LogP) is 6.96. The number of anilines is 1. The zero-order chi connectivity index (χ0) is 28.9. The Morgan fingerprint density at radius 3 is 2.07 bits per heavy atom. The summed E-state index contributed by atoms with van der Waals surface area (Å²) in [4.78, 5) is 39.2. The Bertz CT molecular complexity index is 1660. The second-order valence-electron chi connectivity index (χ2n) is 8.93.